The predicted molar refractivity (Wildman–Crippen MR) is 130 cm³/mol. The second-order valence-corrected chi connectivity index (χ2v) is 8.67. The Kier molecular flexibility index (Phi) is 6.48. The van der Waals surface area contributed by atoms with E-state index < -0.39 is 4.92 Å². The van der Waals surface area contributed by atoms with Crippen LogP contribution in [0.15, 0.2) is 42.7 Å². The van der Waals surface area contributed by atoms with Crippen LogP contribution in [0.2, 0.25) is 0 Å². The molecule has 0 bridgehead atoms. The Morgan fingerprint density at radius 1 is 1.33 bits per heavy atom. The number of amides is 1. The lowest BCUT2D eigenvalue weighted by molar-refractivity contribution is -0.384. The average Bonchev–Trinajstić information content (AvgIpc) is 3.23. The maximum atomic E-state index is 13.2. The summed E-state index contributed by atoms with van der Waals surface area (Å²) in [6.07, 6.45) is 5.14. The molecular weight excluding hydrogens is 420 g/mol. The first-order valence-corrected chi connectivity index (χ1v) is 11.4. The summed E-state index contributed by atoms with van der Waals surface area (Å²) >= 11 is 0. The van der Waals surface area contributed by atoms with Gasteiger partial charge in [-0.05, 0) is 51.8 Å². The normalized spacial score (nSPS) is 14.6. The van der Waals surface area contributed by atoms with E-state index in [-0.39, 0.29) is 17.6 Å². The first kappa shape index (κ1) is 22.6. The van der Waals surface area contributed by atoms with Gasteiger partial charge in [0.2, 0.25) is 0 Å². The van der Waals surface area contributed by atoms with Crippen LogP contribution >= 0.6 is 0 Å². The molecule has 0 atom stereocenters. The number of nitrogens with zero attached hydrogens (tertiary/aromatic N) is 4. The molecule has 0 unspecified atom stereocenters. The monoisotopic (exact) mass is 450 g/mol. The molecule has 0 radical (unpaired) electrons. The summed E-state index contributed by atoms with van der Waals surface area (Å²) < 4.78 is 0. The van der Waals surface area contributed by atoms with Crippen molar-refractivity contribution in [1.82, 2.24) is 14.9 Å². The summed E-state index contributed by atoms with van der Waals surface area (Å²) in [7, 11) is 0. The zero-order chi connectivity index (χ0) is 23.5. The number of benzene rings is 1. The van der Waals surface area contributed by atoms with Gasteiger partial charge < -0.3 is 20.1 Å². The predicted octanol–water partition coefficient (Wildman–Crippen LogP) is 4.42. The minimum atomic E-state index is -0.439. The zero-order valence-electron chi connectivity index (χ0n) is 19.2. The molecule has 0 saturated carbocycles. The molecule has 3 aromatic rings. The number of aromatic nitrogens is 2. The fourth-order valence-electron chi connectivity index (χ4n) is 4.58. The standard InChI is InChI=1S/C24H30N6O3/c1-4-29(23-22(27-16(2)3)6-5-11-25-23)17-9-12-28(13-10-17)24(31)20-15-26-21-8-7-18(30(32)33)14-19(20)21/h5-8,11,14-17,26-27H,4,9-10,12-13H2,1-3H3. The lowest BCUT2D eigenvalue weighted by Gasteiger charge is -2.39. The van der Waals surface area contributed by atoms with Crippen LogP contribution < -0.4 is 10.2 Å². The molecule has 2 N–H and O–H groups in total. The molecule has 1 saturated heterocycles. The molecule has 4 rings (SSSR count). The number of non-ortho nitro benzene ring substituents is 1. The van der Waals surface area contributed by atoms with E-state index in [1.165, 1.54) is 12.1 Å². The van der Waals surface area contributed by atoms with Gasteiger partial charge in [0.05, 0.1) is 16.2 Å². The van der Waals surface area contributed by atoms with E-state index in [9.17, 15) is 14.9 Å². The summed E-state index contributed by atoms with van der Waals surface area (Å²) in [4.78, 5) is 35.9. The molecule has 9 heteroatoms. The molecule has 9 nitrogen and oxygen atoms in total. The molecule has 1 aromatic carbocycles. The minimum absolute atomic E-state index is 0.0189. The van der Waals surface area contributed by atoms with E-state index in [0.717, 1.165) is 36.4 Å². The topological polar surface area (TPSA) is 107 Å². The molecule has 0 aliphatic carbocycles. The van der Waals surface area contributed by atoms with Crippen LogP contribution in [0.4, 0.5) is 17.2 Å². The summed E-state index contributed by atoms with van der Waals surface area (Å²) in [5, 5.41) is 15.2. The molecule has 1 fully saturated rings. The van der Waals surface area contributed by atoms with Crippen molar-refractivity contribution < 1.29 is 9.72 Å². The first-order chi connectivity index (χ1) is 15.9. The van der Waals surface area contributed by atoms with E-state index in [0.29, 0.717) is 30.1 Å². The van der Waals surface area contributed by atoms with Crippen LogP contribution in [-0.4, -0.2) is 57.4 Å². The Labute approximate surface area is 192 Å². The van der Waals surface area contributed by atoms with E-state index in [4.69, 9.17) is 0 Å². The number of aromatic amines is 1. The second-order valence-electron chi connectivity index (χ2n) is 8.67. The fourth-order valence-corrected chi connectivity index (χ4v) is 4.58. The number of piperidine rings is 1. The number of H-pyrrole nitrogens is 1. The van der Waals surface area contributed by atoms with Crippen LogP contribution in [0.5, 0.6) is 0 Å². The number of fused-ring (bicyclic) bond motifs is 1. The van der Waals surface area contributed by atoms with Gasteiger partial charge in [0.15, 0.2) is 5.82 Å². The number of pyridine rings is 1. The van der Waals surface area contributed by atoms with Gasteiger partial charge in [0.25, 0.3) is 11.6 Å². The molecule has 33 heavy (non-hydrogen) atoms. The van der Waals surface area contributed by atoms with Crippen molar-refractivity contribution in [2.24, 2.45) is 0 Å². The maximum Gasteiger partial charge on any atom is 0.270 e. The van der Waals surface area contributed by atoms with Crippen LogP contribution in [0.25, 0.3) is 10.9 Å². The summed E-state index contributed by atoms with van der Waals surface area (Å²) in [5.41, 5.74) is 2.20. The SMILES string of the molecule is CCN(c1ncccc1NC(C)C)C1CCN(C(=O)c2c[nH]c3ccc([N+](=O)[O-])cc23)CC1. The van der Waals surface area contributed by atoms with Gasteiger partial charge in [0, 0.05) is 67.1 Å². The first-order valence-electron chi connectivity index (χ1n) is 11.4. The highest BCUT2D eigenvalue weighted by Crippen LogP contribution is 2.30. The summed E-state index contributed by atoms with van der Waals surface area (Å²) in [5.74, 6) is 0.852. The van der Waals surface area contributed by atoms with Gasteiger partial charge in [-0.1, -0.05) is 0 Å². The molecule has 174 valence electrons. The van der Waals surface area contributed by atoms with Crippen molar-refractivity contribution in [3.05, 3.63) is 58.4 Å². The highest BCUT2D eigenvalue weighted by Gasteiger charge is 2.29. The van der Waals surface area contributed by atoms with Crippen molar-refractivity contribution in [2.75, 3.05) is 29.9 Å². The van der Waals surface area contributed by atoms with Gasteiger partial charge in [0.1, 0.15) is 0 Å². The molecular formula is C24H30N6O3. The highest BCUT2D eigenvalue weighted by atomic mass is 16.6. The lowest BCUT2D eigenvalue weighted by atomic mass is 10.0. The minimum Gasteiger partial charge on any atom is -0.380 e. The second kappa shape index (κ2) is 9.48. The van der Waals surface area contributed by atoms with Crippen molar-refractivity contribution in [2.45, 2.75) is 45.7 Å². The number of anilines is 2. The smallest absolute Gasteiger partial charge is 0.270 e. The number of carbonyl (C=O) groups is 1. The third kappa shape index (κ3) is 4.62. The molecule has 2 aromatic heterocycles. The fraction of sp³-hybridized carbons (Fsp3) is 0.417. The molecule has 1 aliphatic rings. The van der Waals surface area contributed by atoms with Crippen LogP contribution in [0.1, 0.15) is 44.0 Å². The van der Waals surface area contributed by atoms with Crippen LogP contribution in [0, 0.1) is 10.1 Å². The molecule has 1 aliphatic heterocycles. The Hall–Kier alpha value is -3.62. The number of nitro benzene ring substituents is 1. The maximum absolute atomic E-state index is 13.2. The van der Waals surface area contributed by atoms with Gasteiger partial charge in [-0.25, -0.2) is 4.98 Å². The van der Waals surface area contributed by atoms with E-state index >= 15 is 0 Å². The van der Waals surface area contributed by atoms with Crippen LogP contribution in [-0.2, 0) is 0 Å². The van der Waals surface area contributed by atoms with Crippen molar-refractivity contribution in [1.29, 1.82) is 0 Å². The quantitative estimate of drug-likeness (QED) is 0.407. The van der Waals surface area contributed by atoms with E-state index in [1.807, 2.05) is 17.2 Å². The van der Waals surface area contributed by atoms with Gasteiger partial charge >= 0.3 is 0 Å². The zero-order valence-corrected chi connectivity index (χ0v) is 19.2. The Bertz CT molecular complexity index is 1150. The largest absolute Gasteiger partial charge is 0.380 e. The van der Waals surface area contributed by atoms with Crippen LogP contribution in [0.3, 0.4) is 0 Å². The third-order valence-corrected chi connectivity index (χ3v) is 6.14. The number of rotatable bonds is 7. The highest BCUT2D eigenvalue weighted by molar-refractivity contribution is 6.07. The Morgan fingerprint density at radius 2 is 2.09 bits per heavy atom. The molecule has 0 spiro atoms. The number of nitro groups is 1. The average molecular weight is 451 g/mol. The Balaban J connectivity index is 1.49. The number of hydrogen-bond acceptors (Lipinski definition) is 6. The molecule has 1 amide bonds. The number of likely N-dealkylation sites (tertiary alicyclic amines) is 1. The van der Waals surface area contributed by atoms with Gasteiger partial charge in [-0.3, -0.25) is 14.9 Å². The van der Waals surface area contributed by atoms with Crippen molar-refractivity contribution in [3.63, 3.8) is 0 Å². The number of nitrogens with one attached hydrogen (secondary N) is 2. The third-order valence-electron chi connectivity index (χ3n) is 6.14. The molecule has 3 heterocycles. The summed E-state index contributed by atoms with van der Waals surface area (Å²) in [6, 6.07) is 9.14. The summed E-state index contributed by atoms with van der Waals surface area (Å²) in [6.45, 7) is 8.43. The van der Waals surface area contributed by atoms with Crippen molar-refractivity contribution in [3.8, 4) is 0 Å². The Morgan fingerprint density at radius 3 is 2.76 bits per heavy atom. The van der Waals surface area contributed by atoms with E-state index in [1.54, 1.807) is 12.3 Å². The van der Waals surface area contributed by atoms with Gasteiger partial charge in [-0.15, -0.1) is 0 Å². The lowest BCUT2D eigenvalue weighted by Crippen LogP contribution is -2.47. The number of hydrogen-bond donors (Lipinski definition) is 2. The van der Waals surface area contributed by atoms with Gasteiger partial charge in [-0.2, -0.15) is 0 Å². The van der Waals surface area contributed by atoms with E-state index in [2.05, 4.69) is 47.0 Å². The number of carbonyl (C=O) groups excluding carboxylic acids is 1. The van der Waals surface area contributed by atoms with Crippen molar-refractivity contribution >= 4 is 34.0 Å².